The summed E-state index contributed by atoms with van der Waals surface area (Å²) in [6.07, 6.45) is -1.26. The molecule has 0 radical (unpaired) electrons. The number of hydrogen-bond acceptors (Lipinski definition) is 5. The second-order valence-electron chi connectivity index (χ2n) is 3.42. The lowest BCUT2D eigenvalue weighted by atomic mass is 10.3. The number of carbonyl (C=O) groups is 3. The van der Waals surface area contributed by atoms with E-state index in [4.69, 9.17) is 4.74 Å². The lowest BCUT2D eigenvalue weighted by molar-refractivity contribution is -0.153. The molecule has 0 aromatic rings. The van der Waals surface area contributed by atoms with Gasteiger partial charge in [-0.05, 0) is 13.8 Å². The zero-order chi connectivity index (χ0) is 12.7. The van der Waals surface area contributed by atoms with Crippen LogP contribution in [0.25, 0.3) is 0 Å². The van der Waals surface area contributed by atoms with Gasteiger partial charge in [0.05, 0.1) is 6.54 Å². The number of amides is 1. The third kappa shape index (κ3) is 6.80. The molecular weight excluding hydrogens is 214 g/mol. The smallest absolute Gasteiger partial charge is 0.303 e. The van der Waals surface area contributed by atoms with E-state index >= 15 is 0 Å². The summed E-state index contributed by atoms with van der Waals surface area (Å²) in [6, 6.07) is 0. The minimum absolute atomic E-state index is 0.185. The third-order valence-electron chi connectivity index (χ3n) is 1.64. The van der Waals surface area contributed by atoms with Crippen molar-refractivity contribution in [2.75, 3.05) is 6.54 Å². The lowest BCUT2D eigenvalue weighted by Crippen LogP contribution is -2.39. The van der Waals surface area contributed by atoms with Crippen molar-refractivity contribution in [2.45, 2.75) is 39.9 Å². The molecule has 0 rings (SSSR count). The molecule has 0 aromatic heterocycles. The molecule has 1 N–H and O–H groups in total. The highest BCUT2D eigenvalue weighted by Gasteiger charge is 2.16. The predicted molar refractivity (Wildman–Crippen MR) is 55.5 cm³/mol. The molecule has 0 spiro atoms. The first kappa shape index (κ1) is 14.4. The number of nitrogens with one attached hydrogen (secondary N) is 1. The Balaban J connectivity index is 3.88. The Labute approximate surface area is 94.3 Å². The fraction of sp³-hybridized carbons (Fsp3) is 0.700. The van der Waals surface area contributed by atoms with Gasteiger partial charge in [-0.25, -0.2) is 0 Å². The summed E-state index contributed by atoms with van der Waals surface area (Å²) >= 11 is 0. The van der Waals surface area contributed by atoms with Crippen molar-refractivity contribution in [3.8, 4) is 0 Å². The summed E-state index contributed by atoms with van der Waals surface area (Å²) in [5, 5.41) is 2.50. The van der Waals surface area contributed by atoms with Crippen LogP contribution in [0.2, 0.25) is 0 Å². The Morgan fingerprint density at radius 3 is 2.00 bits per heavy atom. The largest absolute Gasteiger partial charge is 0.461 e. The van der Waals surface area contributed by atoms with Crippen molar-refractivity contribution in [3.63, 3.8) is 0 Å². The maximum absolute atomic E-state index is 11.3. The molecule has 6 nitrogen and oxygen atoms in total. The zero-order valence-electron chi connectivity index (χ0n) is 9.90. The molecule has 0 aliphatic heterocycles. The topological polar surface area (TPSA) is 81.7 Å². The van der Waals surface area contributed by atoms with Crippen LogP contribution in [0, 0.1) is 0 Å². The maximum Gasteiger partial charge on any atom is 0.303 e. The van der Waals surface area contributed by atoms with Crippen molar-refractivity contribution in [2.24, 2.45) is 0 Å². The Morgan fingerprint density at radius 2 is 1.56 bits per heavy atom. The summed E-state index contributed by atoms with van der Waals surface area (Å²) in [4.78, 5) is 32.5. The van der Waals surface area contributed by atoms with Crippen molar-refractivity contribution >= 4 is 17.8 Å². The quantitative estimate of drug-likeness (QED) is 0.674. The highest BCUT2D eigenvalue weighted by molar-refractivity contribution is 5.82. The first-order valence-corrected chi connectivity index (χ1v) is 4.95. The van der Waals surface area contributed by atoms with Gasteiger partial charge in [0.2, 0.25) is 0 Å². The number of hydrogen-bond donors (Lipinski definition) is 1. The van der Waals surface area contributed by atoms with Gasteiger partial charge < -0.3 is 14.8 Å². The lowest BCUT2D eigenvalue weighted by Gasteiger charge is -2.15. The van der Waals surface area contributed by atoms with E-state index < -0.39 is 30.1 Å². The average Bonchev–Trinajstić information content (AvgIpc) is 2.11. The number of rotatable bonds is 5. The van der Waals surface area contributed by atoms with Gasteiger partial charge in [-0.15, -0.1) is 0 Å². The van der Waals surface area contributed by atoms with Gasteiger partial charge in [0, 0.05) is 13.8 Å². The Morgan fingerprint density at radius 1 is 1.06 bits per heavy atom. The molecule has 0 fully saturated rings. The molecule has 0 aliphatic rings. The molecule has 0 aliphatic carbocycles. The van der Waals surface area contributed by atoms with Crippen LogP contribution >= 0.6 is 0 Å². The van der Waals surface area contributed by atoms with Gasteiger partial charge in [-0.2, -0.15) is 0 Å². The van der Waals surface area contributed by atoms with Crippen LogP contribution in [0.4, 0.5) is 0 Å². The second kappa shape index (κ2) is 6.81. The molecule has 6 heteroatoms. The Hall–Kier alpha value is -1.59. The average molecular weight is 231 g/mol. The zero-order valence-corrected chi connectivity index (χ0v) is 9.90. The molecule has 2 atom stereocenters. The Bertz CT molecular complexity index is 276. The minimum atomic E-state index is -0.845. The van der Waals surface area contributed by atoms with Gasteiger partial charge in [0.1, 0.15) is 6.10 Å². The van der Waals surface area contributed by atoms with E-state index in [1.807, 2.05) is 0 Å². The summed E-state index contributed by atoms with van der Waals surface area (Å²) in [6.45, 7) is 5.82. The van der Waals surface area contributed by atoms with Gasteiger partial charge >= 0.3 is 11.9 Å². The van der Waals surface area contributed by atoms with Crippen LogP contribution in [-0.2, 0) is 23.9 Å². The minimum Gasteiger partial charge on any atom is -0.461 e. The fourth-order valence-corrected chi connectivity index (χ4v) is 1.02. The molecule has 0 aromatic carbocycles. The second-order valence-corrected chi connectivity index (χ2v) is 3.42. The fourth-order valence-electron chi connectivity index (χ4n) is 1.02. The van der Waals surface area contributed by atoms with Gasteiger partial charge in [-0.1, -0.05) is 0 Å². The van der Waals surface area contributed by atoms with E-state index in [2.05, 4.69) is 10.1 Å². The van der Waals surface area contributed by atoms with E-state index in [9.17, 15) is 14.4 Å². The standard InChI is InChI=1S/C10H17NO5/c1-6(15-8(3)12)5-11-10(14)7(2)16-9(4)13/h6-7H,5H2,1-4H3,(H,11,14)/t6-,7-/m1/s1. The van der Waals surface area contributed by atoms with Crippen LogP contribution in [0.15, 0.2) is 0 Å². The van der Waals surface area contributed by atoms with E-state index in [-0.39, 0.29) is 6.54 Å². The molecule has 0 saturated heterocycles. The van der Waals surface area contributed by atoms with Crippen LogP contribution in [0.5, 0.6) is 0 Å². The van der Waals surface area contributed by atoms with Gasteiger partial charge in [-0.3, -0.25) is 14.4 Å². The molecule has 16 heavy (non-hydrogen) atoms. The summed E-state index contributed by atoms with van der Waals surface area (Å²) in [5.41, 5.74) is 0. The molecule has 0 saturated carbocycles. The number of carbonyl (C=O) groups excluding carboxylic acids is 3. The number of esters is 2. The van der Waals surface area contributed by atoms with E-state index in [0.717, 1.165) is 0 Å². The molecule has 1 amide bonds. The third-order valence-corrected chi connectivity index (χ3v) is 1.64. The van der Waals surface area contributed by atoms with Crippen molar-refractivity contribution in [1.82, 2.24) is 5.32 Å². The van der Waals surface area contributed by atoms with Gasteiger partial charge in [0.15, 0.2) is 6.10 Å². The van der Waals surface area contributed by atoms with E-state index in [0.29, 0.717) is 0 Å². The van der Waals surface area contributed by atoms with E-state index in [1.54, 1.807) is 6.92 Å². The monoisotopic (exact) mass is 231 g/mol. The predicted octanol–water partition coefficient (Wildman–Crippen LogP) is 0.00580. The summed E-state index contributed by atoms with van der Waals surface area (Å²) in [7, 11) is 0. The normalized spacial score (nSPS) is 13.5. The molecular formula is C10H17NO5. The van der Waals surface area contributed by atoms with Crippen LogP contribution in [0.1, 0.15) is 27.7 Å². The van der Waals surface area contributed by atoms with Crippen LogP contribution < -0.4 is 5.32 Å². The Kier molecular flexibility index (Phi) is 6.14. The van der Waals surface area contributed by atoms with Gasteiger partial charge in [0.25, 0.3) is 5.91 Å². The molecule has 92 valence electrons. The first-order valence-electron chi connectivity index (χ1n) is 4.95. The highest BCUT2D eigenvalue weighted by Crippen LogP contribution is 1.93. The SMILES string of the molecule is CC(=O)O[C@H](C)CNC(=O)[C@@H](C)OC(C)=O. The highest BCUT2D eigenvalue weighted by atomic mass is 16.5. The number of ether oxygens (including phenoxy) is 2. The molecule has 0 unspecified atom stereocenters. The molecule has 0 heterocycles. The van der Waals surface area contributed by atoms with Crippen LogP contribution in [-0.4, -0.2) is 36.6 Å². The van der Waals surface area contributed by atoms with E-state index in [1.165, 1.54) is 20.8 Å². The summed E-state index contributed by atoms with van der Waals surface area (Å²) in [5.74, 6) is -1.35. The van der Waals surface area contributed by atoms with Crippen molar-refractivity contribution < 1.29 is 23.9 Å². The van der Waals surface area contributed by atoms with Crippen molar-refractivity contribution in [1.29, 1.82) is 0 Å². The maximum atomic E-state index is 11.3. The molecule has 0 bridgehead atoms. The first-order chi connectivity index (χ1) is 7.32. The summed E-state index contributed by atoms with van der Waals surface area (Å²) < 4.78 is 9.47. The van der Waals surface area contributed by atoms with Crippen molar-refractivity contribution in [3.05, 3.63) is 0 Å². The van der Waals surface area contributed by atoms with Crippen LogP contribution in [0.3, 0.4) is 0 Å².